The molecular weight excluding hydrogens is 582 g/mol. The second-order valence-corrected chi connectivity index (χ2v) is 10.1. The van der Waals surface area contributed by atoms with E-state index in [2.05, 4.69) is 26.2 Å². The lowest BCUT2D eigenvalue weighted by Gasteiger charge is -2.12. The molecule has 0 atom stereocenters. The number of carbonyl (C=O) groups excluding carboxylic acids is 2. The van der Waals surface area contributed by atoms with Gasteiger partial charge >= 0.3 is 5.97 Å². The van der Waals surface area contributed by atoms with E-state index < -0.39 is 18.5 Å². The number of aromatic nitrogens is 2. The molecule has 5 aromatic rings. The first-order chi connectivity index (χ1) is 18.9. The maximum atomic E-state index is 13.2. The Morgan fingerprint density at radius 3 is 2.46 bits per heavy atom. The van der Waals surface area contributed by atoms with Gasteiger partial charge in [-0.1, -0.05) is 46.3 Å². The summed E-state index contributed by atoms with van der Waals surface area (Å²) in [6, 6.07) is 22.0. The monoisotopic (exact) mass is 603 g/mol. The number of para-hydroxylation sites is 1. The highest BCUT2D eigenvalue weighted by molar-refractivity contribution is 9.10. The minimum atomic E-state index is -0.639. The molecule has 0 saturated carbocycles. The zero-order valence-corrected chi connectivity index (χ0v) is 23.3. The molecule has 0 spiro atoms. The molecule has 10 heteroatoms. The van der Waals surface area contributed by atoms with E-state index in [9.17, 15) is 9.59 Å². The Hall–Kier alpha value is -4.28. The number of hydrogen-bond donors (Lipinski definition) is 1. The highest BCUT2D eigenvalue weighted by Crippen LogP contribution is 2.33. The summed E-state index contributed by atoms with van der Waals surface area (Å²) in [4.78, 5) is 34.9. The molecule has 2 heterocycles. The van der Waals surface area contributed by atoms with Gasteiger partial charge in [-0.15, -0.1) is 11.3 Å². The van der Waals surface area contributed by atoms with Gasteiger partial charge in [0.2, 0.25) is 0 Å². The summed E-state index contributed by atoms with van der Waals surface area (Å²) >= 11 is 4.74. The van der Waals surface area contributed by atoms with Gasteiger partial charge in [0, 0.05) is 26.4 Å². The van der Waals surface area contributed by atoms with Crippen LogP contribution in [0.3, 0.4) is 0 Å². The normalized spacial score (nSPS) is 10.7. The number of fused-ring (bicyclic) bond motifs is 1. The van der Waals surface area contributed by atoms with Crippen LogP contribution in [0.5, 0.6) is 11.5 Å². The average molecular weight is 604 g/mol. The lowest BCUT2D eigenvalue weighted by atomic mass is 10.0. The first kappa shape index (κ1) is 26.3. The smallest absolute Gasteiger partial charge is 0.339 e. The third kappa shape index (κ3) is 5.92. The Balaban J connectivity index is 1.33. The molecule has 1 amide bonds. The number of benzene rings is 3. The number of thiazole rings is 1. The van der Waals surface area contributed by atoms with Crippen molar-refractivity contribution in [2.45, 2.75) is 0 Å². The fourth-order valence-electron chi connectivity index (χ4n) is 3.96. The van der Waals surface area contributed by atoms with Crippen LogP contribution in [0.15, 0.2) is 82.6 Å². The van der Waals surface area contributed by atoms with E-state index >= 15 is 0 Å². The van der Waals surface area contributed by atoms with E-state index in [4.69, 9.17) is 19.2 Å². The summed E-state index contributed by atoms with van der Waals surface area (Å²) in [6.07, 6.45) is 0. The molecule has 196 valence electrons. The van der Waals surface area contributed by atoms with Crippen molar-refractivity contribution in [3.05, 3.63) is 88.2 Å². The molecule has 0 aliphatic heterocycles. The molecule has 1 N–H and O–H groups in total. The summed E-state index contributed by atoms with van der Waals surface area (Å²) in [7, 11) is 3.11. The molecule has 0 radical (unpaired) electrons. The van der Waals surface area contributed by atoms with Crippen LogP contribution < -0.4 is 14.8 Å². The Labute approximate surface area is 236 Å². The van der Waals surface area contributed by atoms with Crippen LogP contribution in [0.4, 0.5) is 5.13 Å². The summed E-state index contributed by atoms with van der Waals surface area (Å²) < 4.78 is 17.1. The van der Waals surface area contributed by atoms with Gasteiger partial charge in [-0.05, 0) is 42.5 Å². The fourth-order valence-corrected chi connectivity index (χ4v) is 5.10. The second-order valence-electron chi connectivity index (χ2n) is 8.31. The van der Waals surface area contributed by atoms with Crippen molar-refractivity contribution in [2.24, 2.45) is 0 Å². The quantitative estimate of drug-likeness (QED) is 0.199. The maximum Gasteiger partial charge on any atom is 0.339 e. The molecule has 0 bridgehead atoms. The predicted octanol–water partition coefficient (Wildman–Crippen LogP) is 6.60. The number of carbonyl (C=O) groups is 2. The van der Waals surface area contributed by atoms with Gasteiger partial charge in [0.15, 0.2) is 23.2 Å². The zero-order chi connectivity index (χ0) is 27.4. The van der Waals surface area contributed by atoms with E-state index in [0.29, 0.717) is 38.8 Å². The minimum absolute atomic E-state index is 0.296. The van der Waals surface area contributed by atoms with Gasteiger partial charge in [-0.2, -0.15) is 0 Å². The molecule has 0 fully saturated rings. The Morgan fingerprint density at radius 1 is 0.872 bits per heavy atom. The number of esters is 1. The number of nitrogens with zero attached hydrogens (tertiary/aromatic N) is 2. The summed E-state index contributed by atoms with van der Waals surface area (Å²) in [5, 5.41) is 5.57. The molecule has 3 aromatic carbocycles. The topological polar surface area (TPSA) is 99.6 Å². The van der Waals surface area contributed by atoms with Crippen LogP contribution in [-0.2, 0) is 9.53 Å². The van der Waals surface area contributed by atoms with Crippen molar-refractivity contribution in [2.75, 3.05) is 26.1 Å². The molecular formula is C29H22BrN3O5S. The van der Waals surface area contributed by atoms with Crippen LogP contribution in [-0.4, -0.2) is 42.7 Å². The van der Waals surface area contributed by atoms with Gasteiger partial charge in [0.25, 0.3) is 5.91 Å². The van der Waals surface area contributed by atoms with E-state index in [1.807, 2.05) is 53.9 Å². The number of halogens is 1. The standard InChI is InChI=1S/C29H22BrN3O5S/c1-36-25-11-10-18(13-26(25)37-2)23-14-21(20-8-3-4-9-22(20)31-23)28(35)38-15-27(34)33-29-32-24(16-39-29)17-6-5-7-19(30)12-17/h3-14,16H,15H2,1-2H3,(H,32,33,34). The first-order valence-electron chi connectivity index (χ1n) is 11.8. The first-order valence-corrected chi connectivity index (χ1v) is 13.4. The van der Waals surface area contributed by atoms with Gasteiger partial charge in [-0.25, -0.2) is 14.8 Å². The lowest BCUT2D eigenvalue weighted by Crippen LogP contribution is -2.21. The highest BCUT2D eigenvalue weighted by atomic mass is 79.9. The van der Waals surface area contributed by atoms with Crippen LogP contribution in [0.25, 0.3) is 33.4 Å². The SMILES string of the molecule is COc1ccc(-c2cc(C(=O)OCC(=O)Nc3nc(-c4cccc(Br)c4)cs3)c3ccccc3n2)cc1OC. The molecule has 0 saturated heterocycles. The fraction of sp³-hybridized carbons (Fsp3) is 0.103. The van der Waals surface area contributed by atoms with Gasteiger partial charge in [0.05, 0.1) is 36.7 Å². The number of pyridine rings is 1. The number of rotatable bonds is 8. The minimum Gasteiger partial charge on any atom is -0.493 e. The van der Waals surface area contributed by atoms with Crippen molar-refractivity contribution in [3.8, 4) is 34.0 Å². The summed E-state index contributed by atoms with van der Waals surface area (Å²) in [6.45, 7) is -0.465. The molecule has 39 heavy (non-hydrogen) atoms. The molecule has 2 aromatic heterocycles. The lowest BCUT2D eigenvalue weighted by molar-refractivity contribution is -0.119. The molecule has 0 aliphatic rings. The Bertz CT molecular complexity index is 1690. The highest BCUT2D eigenvalue weighted by Gasteiger charge is 2.18. The number of amides is 1. The Kier molecular flexibility index (Phi) is 7.85. The molecule has 8 nitrogen and oxygen atoms in total. The number of anilines is 1. The largest absolute Gasteiger partial charge is 0.493 e. The van der Waals surface area contributed by atoms with Crippen molar-refractivity contribution >= 4 is 55.2 Å². The zero-order valence-electron chi connectivity index (χ0n) is 20.9. The van der Waals surface area contributed by atoms with E-state index in [-0.39, 0.29) is 0 Å². The number of hydrogen-bond acceptors (Lipinski definition) is 8. The van der Waals surface area contributed by atoms with Crippen LogP contribution in [0, 0.1) is 0 Å². The molecule has 5 rings (SSSR count). The van der Waals surface area contributed by atoms with E-state index in [1.54, 1.807) is 38.5 Å². The van der Waals surface area contributed by atoms with Crippen LogP contribution in [0.1, 0.15) is 10.4 Å². The van der Waals surface area contributed by atoms with Crippen molar-refractivity contribution in [3.63, 3.8) is 0 Å². The summed E-state index contributed by atoms with van der Waals surface area (Å²) in [5.74, 6) is -0.0101. The third-order valence-electron chi connectivity index (χ3n) is 5.82. The molecule has 0 aliphatic carbocycles. The number of methoxy groups -OCH3 is 2. The number of nitrogens with one attached hydrogen (secondary N) is 1. The van der Waals surface area contributed by atoms with Crippen LogP contribution >= 0.6 is 27.3 Å². The maximum absolute atomic E-state index is 13.2. The van der Waals surface area contributed by atoms with Crippen molar-refractivity contribution in [1.29, 1.82) is 0 Å². The van der Waals surface area contributed by atoms with Gasteiger partial charge < -0.3 is 14.2 Å². The van der Waals surface area contributed by atoms with Crippen LogP contribution in [0.2, 0.25) is 0 Å². The van der Waals surface area contributed by atoms with Crippen molar-refractivity contribution < 1.29 is 23.8 Å². The summed E-state index contributed by atoms with van der Waals surface area (Å²) in [5.41, 5.74) is 3.85. The predicted molar refractivity (Wildman–Crippen MR) is 154 cm³/mol. The number of ether oxygens (including phenoxy) is 3. The van der Waals surface area contributed by atoms with E-state index in [0.717, 1.165) is 21.3 Å². The van der Waals surface area contributed by atoms with Crippen molar-refractivity contribution in [1.82, 2.24) is 9.97 Å². The third-order valence-corrected chi connectivity index (χ3v) is 7.07. The van der Waals surface area contributed by atoms with Gasteiger partial charge in [-0.3, -0.25) is 10.1 Å². The molecule has 0 unspecified atom stereocenters. The van der Waals surface area contributed by atoms with Gasteiger partial charge in [0.1, 0.15) is 0 Å². The average Bonchev–Trinajstić information content (AvgIpc) is 3.43. The second kappa shape index (κ2) is 11.6. The Morgan fingerprint density at radius 2 is 1.67 bits per heavy atom. The van der Waals surface area contributed by atoms with E-state index in [1.165, 1.54) is 11.3 Å².